The number of aliphatic hydroxyl groups excluding tert-OH is 1. The summed E-state index contributed by atoms with van der Waals surface area (Å²) in [4.78, 5) is 2.52. The summed E-state index contributed by atoms with van der Waals surface area (Å²) in [5, 5.41) is 13.0. The minimum Gasteiger partial charge on any atom is -0.395 e. The summed E-state index contributed by atoms with van der Waals surface area (Å²) in [6, 6.07) is 11.5. The zero-order chi connectivity index (χ0) is 14.4. The lowest BCUT2D eigenvalue weighted by atomic mass is 9.99. The number of hydrogen-bond donors (Lipinski definition) is 2. The highest BCUT2D eigenvalue weighted by atomic mass is 16.3. The molecule has 20 heavy (non-hydrogen) atoms. The van der Waals surface area contributed by atoms with Gasteiger partial charge in [-0.15, -0.1) is 0 Å². The van der Waals surface area contributed by atoms with Gasteiger partial charge >= 0.3 is 0 Å². The molecule has 1 atom stereocenters. The average Bonchev–Trinajstić information content (AvgIpc) is 2.47. The molecule has 0 radical (unpaired) electrons. The Labute approximate surface area is 123 Å². The van der Waals surface area contributed by atoms with Crippen LogP contribution >= 0.6 is 0 Å². The zero-order valence-corrected chi connectivity index (χ0v) is 12.8. The van der Waals surface area contributed by atoms with Gasteiger partial charge in [0, 0.05) is 18.6 Å². The van der Waals surface area contributed by atoms with Crippen LogP contribution < -0.4 is 5.32 Å². The molecule has 1 heterocycles. The molecule has 0 aliphatic carbocycles. The van der Waals surface area contributed by atoms with Gasteiger partial charge in [-0.1, -0.05) is 44.2 Å². The molecule has 0 spiro atoms. The Morgan fingerprint density at radius 2 is 1.85 bits per heavy atom. The predicted molar refractivity (Wildman–Crippen MR) is 83.6 cm³/mol. The maximum absolute atomic E-state index is 9.40. The molecular weight excluding hydrogens is 248 g/mol. The van der Waals surface area contributed by atoms with Gasteiger partial charge in [0.15, 0.2) is 0 Å². The summed E-state index contributed by atoms with van der Waals surface area (Å²) in [6.07, 6.45) is 2.35. The van der Waals surface area contributed by atoms with Crippen molar-refractivity contribution in [2.45, 2.75) is 45.3 Å². The van der Waals surface area contributed by atoms with Gasteiger partial charge < -0.3 is 10.4 Å². The highest BCUT2D eigenvalue weighted by molar-refractivity contribution is 5.14. The quantitative estimate of drug-likeness (QED) is 0.836. The van der Waals surface area contributed by atoms with Crippen LogP contribution in [0, 0.1) is 5.92 Å². The summed E-state index contributed by atoms with van der Waals surface area (Å²) >= 11 is 0. The van der Waals surface area contributed by atoms with Crippen molar-refractivity contribution in [2.75, 3.05) is 19.7 Å². The lowest BCUT2D eigenvalue weighted by Crippen LogP contribution is -2.48. The van der Waals surface area contributed by atoms with E-state index in [4.69, 9.17) is 0 Å². The van der Waals surface area contributed by atoms with Gasteiger partial charge in [-0.2, -0.15) is 0 Å². The topological polar surface area (TPSA) is 35.5 Å². The highest BCUT2D eigenvalue weighted by Crippen LogP contribution is 2.15. The van der Waals surface area contributed by atoms with Crippen molar-refractivity contribution in [3.05, 3.63) is 35.9 Å². The zero-order valence-electron chi connectivity index (χ0n) is 12.8. The Morgan fingerprint density at radius 1 is 1.20 bits per heavy atom. The Balaban J connectivity index is 1.75. The van der Waals surface area contributed by atoms with Gasteiger partial charge in [0.1, 0.15) is 0 Å². The molecule has 0 aromatic heterocycles. The van der Waals surface area contributed by atoms with Crippen LogP contribution in [-0.2, 0) is 6.54 Å². The van der Waals surface area contributed by atoms with Crippen LogP contribution in [-0.4, -0.2) is 41.8 Å². The second kappa shape index (κ2) is 7.77. The van der Waals surface area contributed by atoms with Gasteiger partial charge in [0.05, 0.1) is 6.61 Å². The molecule has 0 saturated carbocycles. The van der Waals surface area contributed by atoms with E-state index in [1.54, 1.807) is 0 Å². The van der Waals surface area contributed by atoms with E-state index in [2.05, 4.69) is 54.4 Å². The van der Waals surface area contributed by atoms with Crippen molar-refractivity contribution in [2.24, 2.45) is 5.92 Å². The molecule has 1 aromatic carbocycles. The van der Waals surface area contributed by atoms with Gasteiger partial charge in [0.2, 0.25) is 0 Å². The summed E-state index contributed by atoms with van der Waals surface area (Å²) in [5.41, 5.74) is 1.40. The van der Waals surface area contributed by atoms with Crippen LogP contribution in [0.3, 0.4) is 0 Å². The van der Waals surface area contributed by atoms with Gasteiger partial charge in [-0.25, -0.2) is 0 Å². The van der Waals surface area contributed by atoms with Crippen molar-refractivity contribution >= 4 is 0 Å². The number of nitrogens with zero attached hydrogens (tertiary/aromatic N) is 1. The lowest BCUT2D eigenvalue weighted by Gasteiger charge is -2.35. The summed E-state index contributed by atoms with van der Waals surface area (Å²) < 4.78 is 0. The van der Waals surface area contributed by atoms with E-state index < -0.39 is 0 Å². The molecule has 1 fully saturated rings. The monoisotopic (exact) mass is 276 g/mol. The van der Waals surface area contributed by atoms with Crippen LogP contribution in [0.25, 0.3) is 0 Å². The third kappa shape index (κ3) is 4.58. The number of hydrogen-bond acceptors (Lipinski definition) is 3. The Kier molecular flexibility index (Phi) is 6.02. The van der Waals surface area contributed by atoms with E-state index in [1.807, 2.05) is 0 Å². The van der Waals surface area contributed by atoms with Crippen molar-refractivity contribution < 1.29 is 5.11 Å². The molecule has 0 amide bonds. The molecular formula is C17H28N2O. The van der Waals surface area contributed by atoms with E-state index in [1.165, 1.54) is 18.4 Å². The van der Waals surface area contributed by atoms with E-state index in [0.717, 1.165) is 19.6 Å². The van der Waals surface area contributed by atoms with Gasteiger partial charge in [0.25, 0.3) is 0 Å². The van der Waals surface area contributed by atoms with Crippen molar-refractivity contribution in [1.29, 1.82) is 0 Å². The molecule has 2 rings (SSSR count). The Hall–Kier alpha value is -0.900. The van der Waals surface area contributed by atoms with Crippen LogP contribution in [0.2, 0.25) is 0 Å². The lowest BCUT2D eigenvalue weighted by molar-refractivity contribution is 0.152. The molecule has 112 valence electrons. The van der Waals surface area contributed by atoms with E-state index >= 15 is 0 Å². The SMILES string of the molecule is CC(C)C(CO)NC1CCN(Cc2ccccc2)CC1. The molecule has 1 aromatic rings. The second-order valence-corrected chi connectivity index (χ2v) is 6.24. The number of nitrogens with one attached hydrogen (secondary N) is 1. The van der Waals surface area contributed by atoms with Crippen LogP contribution in [0.15, 0.2) is 30.3 Å². The third-order valence-corrected chi connectivity index (χ3v) is 4.29. The fourth-order valence-electron chi connectivity index (χ4n) is 2.86. The molecule has 1 saturated heterocycles. The maximum Gasteiger partial charge on any atom is 0.0587 e. The van der Waals surface area contributed by atoms with Gasteiger partial charge in [-0.05, 0) is 37.4 Å². The smallest absolute Gasteiger partial charge is 0.0587 e. The molecule has 1 aliphatic heterocycles. The molecule has 3 nitrogen and oxygen atoms in total. The molecule has 3 heteroatoms. The predicted octanol–water partition coefficient (Wildman–Crippen LogP) is 2.26. The van der Waals surface area contributed by atoms with E-state index in [9.17, 15) is 5.11 Å². The van der Waals surface area contributed by atoms with Crippen molar-refractivity contribution in [3.8, 4) is 0 Å². The minimum absolute atomic E-state index is 0.237. The molecule has 2 N–H and O–H groups in total. The van der Waals surface area contributed by atoms with Crippen molar-refractivity contribution in [1.82, 2.24) is 10.2 Å². The first kappa shape index (κ1) is 15.5. The third-order valence-electron chi connectivity index (χ3n) is 4.29. The number of benzene rings is 1. The fourth-order valence-corrected chi connectivity index (χ4v) is 2.86. The van der Waals surface area contributed by atoms with Crippen molar-refractivity contribution in [3.63, 3.8) is 0 Å². The summed E-state index contributed by atoms with van der Waals surface area (Å²) in [6.45, 7) is 7.91. The largest absolute Gasteiger partial charge is 0.395 e. The number of aliphatic hydroxyl groups is 1. The summed E-state index contributed by atoms with van der Waals surface area (Å²) in [7, 11) is 0. The normalized spacial score (nSPS) is 19.4. The number of rotatable bonds is 6. The summed E-state index contributed by atoms with van der Waals surface area (Å²) in [5.74, 6) is 0.488. The Bertz CT molecular complexity index is 372. The average molecular weight is 276 g/mol. The number of piperidine rings is 1. The van der Waals surface area contributed by atoms with Crippen LogP contribution in [0.1, 0.15) is 32.3 Å². The van der Waals surface area contributed by atoms with E-state index in [0.29, 0.717) is 12.0 Å². The first-order chi connectivity index (χ1) is 9.69. The first-order valence-corrected chi connectivity index (χ1v) is 7.82. The fraction of sp³-hybridized carbons (Fsp3) is 0.647. The minimum atomic E-state index is 0.237. The standard InChI is InChI=1S/C17H28N2O/c1-14(2)17(13-20)18-16-8-10-19(11-9-16)12-15-6-4-3-5-7-15/h3-7,14,16-18,20H,8-13H2,1-2H3. The van der Waals surface area contributed by atoms with Crippen LogP contribution in [0.5, 0.6) is 0 Å². The van der Waals surface area contributed by atoms with Gasteiger partial charge in [-0.3, -0.25) is 4.90 Å². The number of likely N-dealkylation sites (tertiary alicyclic amines) is 1. The molecule has 0 bridgehead atoms. The molecule has 1 unspecified atom stereocenters. The van der Waals surface area contributed by atoms with Crippen LogP contribution in [0.4, 0.5) is 0 Å². The van der Waals surface area contributed by atoms with E-state index in [-0.39, 0.29) is 12.6 Å². The second-order valence-electron chi connectivity index (χ2n) is 6.24. The highest BCUT2D eigenvalue weighted by Gasteiger charge is 2.22. The molecule has 1 aliphatic rings. The first-order valence-electron chi connectivity index (χ1n) is 7.82. The maximum atomic E-state index is 9.40. The Morgan fingerprint density at radius 3 is 2.40 bits per heavy atom.